The predicted octanol–water partition coefficient (Wildman–Crippen LogP) is 3.42. The number of aliphatic hydroxyl groups is 1. The molecule has 1 aliphatic heterocycles. The van der Waals surface area contributed by atoms with Crippen molar-refractivity contribution in [1.29, 1.82) is 5.26 Å². The minimum Gasteiger partial charge on any atom is -0.478 e. The Hall–Kier alpha value is -3.95. The van der Waals surface area contributed by atoms with Gasteiger partial charge < -0.3 is 29.9 Å². The molecule has 40 heavy (non-hydrogen) atoms. The summed E-state index contributed by atoms with van der Waals surface area (Å²) in [5, 5.41) is 25.4. The Morgan fingerprint density at radius 3 is 2.75 bits per heavy atom. The topological polar surface area (TPSA) is 133 Å². The van der Waals surface area contributed by atoms with Crippen molar-refractivity contribution >= 4 is 45.7 Å². The highest BCUT2D eigenvalue weighted by atomic mass is 35.5. The number of fused-ring (bicyclic) bond motifs is 1. The van der Waals surface area contributed by atoms with Crippen LogP contribution in [0.25, 0.3) is 10.9 Å². The van der Waals surface area contributed by atoms with Gasteiger partial charge in [-0.25, -0.2) is 13.8 Å². The number of nitrogens with one attached hydrogen (secondary N) is 2. The summed E-state index contributed by atoms with van der Waals surface area (Å²) in [5.74, 6) is -5.05. The number of likely N-dealkylation sites (N-methyl/N-ethyl adjacent to an activating group) is 1. The first-order valence-corrected chi connectivity index (χ1v) is 13.0. The molecule has 0 radical (unpaired) electrons. The van der Waals surface area contributed by atoms with E-state index >= 15 is 0 Å². The molecule has 1 fully saturated rings. The molecule has 3 N–H and O–H groups in total. The normalized spacial score (nSPS) is 18.3. The van der Waals surface area contributed by atoms with E-state index in [1.165, 1.54) is 30.7 Å². The molecule has 1 amide bonds. The minimum absolute atomic E-state index is 0.000945. The predicted molar refractivity (Wildman–Crippen MR) is 148 cm³/mol. The zero-order chi connectivity index (χ0) is 29.2. The fourth-order valence-corrected chi connectivity index (χ4v) is 5.00. The fourth-order valence-electron chi connectivity index (χ4n) is 4.81. The maximum Gasteiger partial charge on any atom is 0.293 e. The van der Waals surface area contributed by atoms with E-state index < -0.39 is 23.3 Å². The number of aromatic nitrogens is 2. The van der Waals surface area contributed by atoms with Crippen LogP contribution < -0.4 is 25.8 Å². The van der Waals surface area contributed by atoms with Crippen LogP contribution in [0.3, 0.4) is 0 Å². The quantitative estimate of drug-likeness (QED) is 0.373. The molecule has 0 saturated carbocycles. The summed E-state index contributed by atoms with van der Waals surface area (Å²) in [6.45, 7) is 0.637. The van der Waals surface area contributed by atoms with E-state index in [2.05, 4.69) is 15.6 Å². The molecule has 10 nitrogen and oxygen atoms in total. The van der Waals surface area contributed by atoms with E-state index in [4.69, 9.17) is 16.3 Å². The summed E-state index contributed by atoms with van der Waals surface area (Å²) in [6.07, 6.45) is -0.0805. The second-order valence-corrected chi connectivity index (χ2v) is 10.1. The van der Waals surface area contributed by atoms with Gasteiger partial charge in [-0.05, 0) is 36.8 Å². The first-order valence-electron chi connectivity index (χ1n) is 12.6. The molecule has 1 aromatic carbocycles. The molecule has 0 unspecified atom stereocenters. The Morgan fingerprint density at radius 2 is 2.08 bits per heavy atom. The number of anilines is 3. The summed E-state index contributed by atoms with van der Waals surface area (Å²) < 4.78 is 36.3. The van der Waals surface area contributed by atoms with Crippen molar-refractivity contribution in [2.24, 2.45) is 18.9 Å². The number of carbonyl (C=O) groups excluding carboxylic acids is 1. The Labute approximate surface area is 234 Å². The highest BCUT2D eigenvalue weighted by Crippen LogP contribution is 2.42. The largest absolute Gasteiger partial charge is 0.478 e. The summed E-state index contributed by atoms with van der Waals surface area (Å²) >= 11 is 6.44. The third-order valence-electron chi connectivity index (χ3n) is 7.08. The molecule has 13 heteroatoms. The van der Waals surface area contributed by atoms with Gasteiger partial charge in [-0.3, -0.25) is 9.59 Å². The van der Waals surface area contributed by atoms with Crippen LogP contribution in [0.1, 0.15) is 18.9 Å². The van der Waals surface area contributed by atoms with Crippen LogP contribution in [0.4, 0.5) is 26.1 Å². The van der Waals surface area contributed by atoms with Crippen molar-refractivity contribution in [2.75, 3.05) is 43.6 Å². The summed E-state index contributed by atoms with van der Waals surface area (Å²) in [7, 11) is 3.05. The molecule has 1 saturated heterocycles. The van der Waals surface area contributed by atoms with E-state index in [0.717, 1.165) is 0 Å². The number of alkyl halides is 2. The van der Waals surface area contributed by atoms with E-state index in [1.54, 1.807) is 30.1 Å². The SMILES string of the molecule is CNC(=O)COc1cc2cc(Nc3nc(N4C[C@@H](CCO)C(F)(F)[C@@H](C)C4)c(C#N)cc3Cl)ccc2n(C)c1=O. The number of piperidine rings is 1. The number of aliphatic hydroxyl groups excluding tert-OH is 1. The van der Waals surface area contributed by atoms with Crippen LogP contribution in [0.15, 0.2) is 35.1 Å². The number of nitrogens with zero attached hydrogens (tertiary/aromatic N) is 4. The lowest BCUT2D eigenvalue weighted by molar-refractivity contribution is -0.122. The molecule has 3 heterocycles. The van der Waals surface area contributed by atoms with E-state index in [9.17, 15) is 28.7 Å². The number of rotatable bonds is 8. The van der Waals surface area contributed by atoms with Gasteiger partial charge in [0, 0.05) is 56.7 Å². The van der Waals surface area contributed by atoms with Crippen LogP contribution in [0.2, 0.25) is 5.02 Å². The zero-order valence-corrected chi connectivity index (χ0v) is 22.9. The van der Waals surface area contributed by atoms with Crippen LogP contribution in [-0.2, 0) is 11.8 Å². The number of pyridine rings is 2. The summed E-state index contributed by atoms with van der Waals surface area (Å²) in [4.78, 5) is 30.4. The first kappa shape index (κ1) is 29.0. The van der Waals surface area contributed by atoms with Crippen molar-refractivity contribution in [3.8, 4) is 11.8 Å². The second-order valence-electron chi connectivity index (χ2n) is 9.72. The van der Waals surface area contributed by atoms with Gasteiger partial charge in [0.15, 0.2) is 18.2 Å². The lowest BCUT2D eigenvalue weighted by Gasteiger charge is -2.43. The number of amides is 1. The van der Waals surface area contributed by atoms with E-state index in [0.29, 0.717) is 16.6 Å². The molecule has 0 spiro atoms. The van der Waals surface area contributed by atoms with E-state index in [1.807, 2.05) is 6.07 Å². The summed E-state index contributed by atoms with van der Waals surface area (Å²) in [6, 6.07) is 10.2. The van der Waals surface area contributed by atoms with Gasteiger partial charge in [-0.1, -0.05) is 18.5 Å². The molecular formula is C27H29ClF2N6O4. The number of hydrogen-bond donors (Lipinski definition) is 3. The van der Waals surface area contributed by atoms with Crippen LogP contribution >= 0.6 is 11.6 Å². The molecule has 212 valence electrons. The van der Waals surface area contributed by atoms with Crippen molar-refractivity contribution in [1.82, 2.24) is 14.9 Å². The number of ether oxygens (including phenoxy) is 1. The monoisotopic (exact) mass is 574 g/mol. The Balaban J connectivity index is 1.68. The van der Waals surface area contributed by atoms with E-state index in [-0.39, 0.29) is 66.6 Å². The maximum atomic E-state index is 14.8. The lowest BCUT2D eigenvalue weighted by atomic mass is 9.84. The standard InChI is InChI=1S/C27H29ClF2N6O4/c1-15-12-36(13-18(6-7-37)27(15,29)30)25-17(11-31)9-20(28)24(34-25)33-19-4-5-21-16(8-19)10-22(26(39)35(21)3)40-14-23(38)32-2/h4-5,8-10,15,18,37H,6-7,12-14H2,1-3H3,(H,32,38)(H,33,34)/t15-,18+/m0/s1. The highest BCUT2D eigenvalue weighted by Gasteiger charge is 2.49. The number of halogens is 3. The molecule has 0 bridgehead atoms. The maximum absolute atomic E-state index is 14.8. The molecule has 1 aliphatic rings. The molecule has 3 aromatic rings. The van der Waals surface area contributed by atoms with Crippen molar-refractivity contribution in [3.05, 3.63) is 51.3 Å². The third kappa shape index (κ3) is 5.66. The Kier molecular flexibility index (Phi) is 8.46. The molecular weight excluding hydrogens is 546 g/mol. The van der Waals surface area contributed by atoms with Gasteiger partial charge in [0.1, 0.15) is 11.9 Å². The highest BCUT2D eigenvalue weighted by molar-refractivity contribution is 6.33. The Bertz CT molecular complexity index is 1540. The number of carbonyl (C=O) groups is 1. The fraction of sp³-hybridized carbons (Fsp3) is 0.407. The number of aryl methyl sites for hydroxylation is 1. The van der Waals surface area contributed by atoms with Gasteiger partial charge in [-0.2, -0.15) is 5.26 Å². The number of nitriles is 1. The average Bonchev–Trinajstić information content (AvgIpc) is 2.93. The van der Waals surface area contributed by atoms with Gasteiger partial charge in [0.05, 0.1) is 16.1 Å². The van der Waals surface area contributed by atoms with Gasteiger partial charge >= 0.3 is 0 Å². The number of hydrogen-bond acceptors (Lipinski definition) is 8. The van der Waals surface area contributed by atoms with Crippen LogP contribution in [0.5, 0.6) is 5.75 Å². The van der Waals surface area contributed by atoms with Gasteiger partial charge in [0.2, 0.25) is 0 Å². The number of benzene rings is 1. The third-order valence-corrected chi connectivity index (χ3v) is 7.37. The van der Waals surface area contributed by atoms with Crippen LogP contribution in [-0.4, -0.2) is 59.8 Å². The molecule has 2 atom stereocenters. The lowest BCUT2D eigenvalue weighted by Crippen LogP contribution is -2.53. The average molecular weight is 575 g/mol. The molecule has 2 aromatic heterocycles. The smallest absolute Gasteiger partial charge is 0.293 e. The summed E-state index contributed by atoms with van der Waals surface area (Å²) in [5.41, 5.74) is 0.896. The van der Waals surface area contributed by atoms with Crippen molar-refractivity contribution in [3.63, 3.8) is 0 Å². The Morgan fingerprint density at radius 1 is 1.32 bits per heavy atom. The molecule has 0 aliphatic carbocycles. The minimum atomic E-state index is -2.96. The molecule has 4 rings (SSSR count). The zero-order valence-electron chi connectivity index (χ0n) is 22.2. The van der Waals surface area contributed by atoms with Crippen molar-refractivity contribution in [2.45, 2.75) is 19.3 Å². The van der Waals surface area contributed by atoms with Gasteiger partial charge in [-0.15, -0.1) is 0 Å². The van der Waals surface area contributed by atoms with Crippen LogP contribution in [0, 0.1) is 23.2 Å². The van der Waals surface area contributed by atoms with Crippen molar-refractivity contribution < 1.29 is 23.4 Å². The van der Waals surface area contributed by atoms with Gasteiger partial charge in [0.25, 0.3) is 17.4 Å². The second kappa shape index (κ2) is 11.7. The first-order chi connectivity index (χ1) is 19.0.